The zero-order valence-electron chi connectivity index (χ0n) is 18.5. The number of para-hydroxylation sites is 1. The third-order valence-corrected chi connectivity index (χ3v) is 6.54. The van der Waals surface area contributed by atoms with Gasteiger partial charge >= 0.3 is 0 Å². The summed E-state index contributed by atoms with van der Waals surface area (Å²) >= 11 is 0. The molecule has 0 amide bonds. The summed E-state index contributed by atoms with van der Waals surface area (Å²) in [6, 6.07) is 13.0. The maximum atomic E-state index is 13.5. The number of nitrogens with zero attached hydrogens (tertiary/aromatic N) is 2. The van der Waals surface area contributed by atoms with E-state index < -0.39 is 17.4 Å². The number of H-pyrrole nitrogens is 1. The predicted molar refractivity (Wildman–Crippen MR) is 120 cm³/mol. The van der Waals surface area contributed by atoms with Crippen molar-refractivity contribution in [3.63, 3.8) is 0 Å². The van der Waals surface area contributed by atoms with Gasteiger partial charge in [0.2, 0.25) is 0 Å². The molecule has 3 atom stereocenters. The summed E-state index contributed by atoms with van der Waals surface area (Å²) in [6.45, 7) is 6.87. The summed E-state index contributed by atoms with van der Waals surface area (Å²) < 4.78 is 7.41. The number of Topliss-reactive ketones (excluding diaryl/α,β-unsaturated/α-hetero) is 1. The van der Waals surface area contributed by atoms with Crippen molar-refractivity contribution in [3.05, 3.63) is 81.2 Å². The maximum Gasteiger partial charge on any atom is 0.281 e. The van der Waals surface area contributed by atoms with E-state index in [-0.39, 0.29) is 17.8 Å². The van der Waals surface area contributed by atoms with Crippen LogP contribution in [0.15, 0.2) is 51.7 Å². The Bertz CT molecular complexity index is 1410. The topological polar surface area (TPSA) is 101 Å². The van der Waals surface area contributed by atoms with E-state index in [1.54, 1.807) is 6.92 Å². The SMILES string of the molecule is CC(=O)C1C(c2ccc(C)o2)c2c(C)nc3[nH]n(-c4ccccc4)c(=O)c3c2CC1(C)O. The Labute approximate surface area is 184 Å². The molecule has 0 saturated carbocycles. The van der Waals surface area contributed by atoms with Gasteiger partial charge in [-0.3, -0.25) is 14.7 Å². The van der Waals surface area contributed by atoms with Gasteiger partial charge in [0.15, 0.2) is 5.65 Å². The van der Waals surface area contributed by atoms with E-state index in [1.807, 2.05) is 56.3 Å². The van der Waals surface area contributed by atoms with Crippen molar-refractivity contribution >= 4 is 16.8 Å². The molecule has 7 nitrogen and oxygen atoms in total. The molecule has 1 aliphatic carbocycles. The number of ketones is 1. The second-order valence-corrected chi connectivity index (χ2v) is 8.95. The van der Waals surface area contributed by atoms with Crippen LogP contribution < -0.4 is 5.56 Å². The zero-order chi connectivity index (χ0) is 22.8. The minimum atomic E-state index is -1.35. The van der Waals surface area contributed by atoms with Crippen LogP contribution in [0, 0.1) is 19.8 Å². The van der Waals surface area contributed by atoms with Gasteiger partial charge in [-0.25, -0.2) is 9.67 Å². The summed E-state index contributed by atoms with van der Waals surface area (Å²) in [5.74, 6) is -0.0685. The Morgan fingerprint density at radius 2 is 1.94 bits per heavy atom. The molecule has 0 spiro atoms. The highest BCUT2D eigenvalue weighted by Crippen LogP contribution is 2.48. The molecule has 164 valence electrons. The van der Waals surface area contributed by atoms with Crippen LogP contribution in [-0.4, -0.2) is 31.3 Å². The first-order valence-corrected chi connectivity index (χ1v) is 10.7. The molecular weight excluding hydrogens is 406 g/mol. The van der Waals surface area contributed by atoms with Crippen LogP contribution in [0.1, 0.15) is 48.1 Å². The summed E-state index contributed by atoms with van der Waals surface area (Å²) in [5.41, 5.74) is 1.77. The molecule has 0 aliphatic heterocycles. The summed E-state index contributed by atoms with van der Waals surface area (Å²) in [5, 5.41) is 15.0. The van der Waals surface area contributed by atoms with Gasteiger partial charge in [0.05, 0.1) is 28.5 Å². The average molecular weight is 431 g/mol. The average Bonchev–Trinajstić information content (AvgIpc) is 3.30. The van der Waals surface area contributed by atoms with Gasteiger partial charge < -0.3 is 9.52 Å². The predicted octanol–water partition coefficient (Wildman–Crippen LogP) is 3.57. The Kier molecular flexibility index (Phi) is 4.49. The van der Waals surface area contributed by atoms with Crippen molar-refractivity contribution in [2.45, 2.75) is 45.6 Å². The summed E-state index contributed by atoms with van der Waals surface area (Å²) in [7, 11) is 0. The molecule has 0 bridgehead atoms. The maximum absolute atomic E-state index is 13.5. The van der Waals surface area contributed by atoms with Crippen LogP contribution in [0.4, 0.5) is 0 Å². The molecule has 32 heavy (non-hydrogen) atoms. The monoisotopic (exact) mass is 431 g/mol. The first-order chi connectivity index (χ1) is 15.2. The fraction of sp³-hybridized carbons (Fsp3) is 0.320. The van der Waals surface area contributed by atoms with E-state index >= 15 is 0 Å². The normalized spacial score (nSPS) is 22.8. The number of hydrogen-bond donors (Lipinski definition) is 2. The minimum absolute atomic E-state index is 0.130. The van der Waals surface area contributed by atoms with E-state index in [0.29, 0.717) is 39.5 Å². The number of carbonyl (C=O) groups excluding carboxylic acids is 1. The van der Waals surface area contributed by atoms with E-state index in [0.717, 1.165) is 5.56 Å². The fourth-order valence-electron chi connectivity index (χ4n) is 5.31. The number of aliphatic hydroxyl groups is 1. The lowest BCUT2D eigenvalue weighted by Crippen LogP contribution is -2.48. The molecule has 1 aliphatic rings. The third kappa shape index (κ3) is 2.96. The minimum Gasteiger partial charge on any atom is -0.466 e. The van der Waals surface area contributed by atoms with Gasteiger partial charge in [-0.2, -0.15) is 0 Å². The number of carbonyl (C=O) groups is 1. The molecule has 3 heterocycles. The Balaban J connectivity index is 1.85. The molecule has 0 radical (unpaired) electrons. The van der Waals surface area contributed by atoms with E-state index in [4.69, 9.17) is 9.40 Å². The number of aromatic amines is 1. The van der Waals surface area contributed by atoms with Crippen molar-refractivity contribution < 1.29 is 14.3 Å². The number of aromatic nitrogens is 3. The summed E-state index contributed by atoms with van der Waals surface area (Å²) in [4.78, 5) is 31.0. The lowest BCUT2D eigenvalue weighted by molar-refractivity contribution is -0.131. The Hall–Kier alpha value is -3.45. The van der Waals surface area contributed by atoms with Gasteiger partial charge in [0.1, 0.15) is 17.3 Å². The van der Waals surface area contributed by atoms with Crippen molar-refractivity contribution in [3.8, 4) is 5.69 Å². The Morgan fingerprint density at radius 1 is 1.22 bits per heavy atom. The highest BCUT2D eigenvalue weighted by molar-refractivity contribution is 5.86. The molecule has 5 rings (SSSR count). The van der Waals surface area contributed by atoms with Crippen molar-refractivity contribution in [1.82, 2.24) is 14.8 Å². The molecular formula is C25H25N3O4. The van der Waals surface area contributed by atoms with E-state index in [2.05, 4.69) is 5.10 Å². The number of furan rings is 1. The van der Waals surface area contributed by atoms with Crippen LogP contribution >= 0.6 is 0 Å². The lowest BCUT2D eigenvalue weighted by Gasteiger charge is -2.42. The number of nitrogens with one attached hydrogen (secondary N) is 1. The quantitative estimate of drug-likeness (QED) is 0.516. The first kappa shape index (κ1) is 20.5. The van der Waals surface area contributed by atoms with Crippen LogP contribution in [0.5, 0.6) is 0 Å². The number of pyridine rings is 1. The number of rotatable bonds is 3. The van der Waals surface area contributed by atoms with Gasteiger partial charge in [0.25, 0.3) is 5.56 Å². The largest absolute Gasteiger partial charge is 0.466 e. The molecule has 4 aromatic rings. The van der Waals surface area contributed by atoms with E-state index in [1.165, 1.54) is 11.6 Å². The Morgan fingerprint density at radius 3 is 2.56 bits per heavy atom. The van der Waals surface area contributed by atoms with Gasteiger partial charge in [-0.05, 0) is 63.1 Å². The van der Waals surface area contributed by atoms with Crippen LogP contribution in [0.2, 0.25) is 0 Å². The second kappa shape index (κ2) is 7.03. The highest BCUT2D eigenvalue weighted by Gasteiger charge is 2.50. The van der Waals surface area contributed by atoms with Crippen molar-refractivity contribution in [2.24, 2.45) is 5.92 Å². The van der Waals surface area contributed by atoms with E-state index in [9.17, 15) is 14.7 Å². The molecule has 7 heteroatoms. The van der Waals surface area contributed by atoms with Gasteiger partial charge in [0, 0.05) is 12.1 Å². The molecule has 2 N–H and O–H groups in total. The highest BCUT2D eigenvalue weighted by atomic mass is 16.3. The van der Waals surface area contributed by atoms with Crippen molar-refractivity contribution in [1.29, 1.82) is 0 Å². The van der Waals surface area contributed by atoms with Crippen LogP contribution in [0.3, 0.4) is 0 Å². The summed E-state index contributed by atoms with van der Waals surface area (Å²) in [6.07, 6.45) is 0.171. The van der Waals surface area contributed by atoms with Gasteiger partial charge in [-0.15, -0.1) is 0 Å². The molecule has 0 saturated heterocycles. The fourth-order valence-corrected chi connectivity index (χ4v) is 5.31. The van der Waals surface area contributed by atoms with Gasteiger partial charge in [-0.1, -0.05) is 18.2 Å². The standard InChI is InChI=1S/C25H25N3O4/c1-13-10-11-18(32-13)21-19-14(2)26-23-20(17(19)12-25(4,31)22(21)15(3)29)24(30)28(27-23)16-8-6-5-7-9-16/h5-11,21-22,31H,12H2,1-4H3,(H,26,27). The van der Waals surface area contributed by atoms with Crippen LogP contribution in [-0.2, 0) is 11.2 Å². The zero-order valence-corrected chi connectivity index (χ0v) is 18.5. The molecule has 3 aromatic heterocycles. The number of fused-ring (bicyclic) bond motifs is 3. The van der Waals surface area contributed by atoms with Crippen molar-refractivity contribution in [2.75, 3.05) is 0 Å². The smallest absolute Gasteiger partial charge is 0.281 e. The molecule has 0 fully saturated rings. The number of aryl methyl sites for hydroxylation is 2. The van der Waals surface area contributed by atoms with Crippen LogP contribution in [0.25, 0.3) is 16.7 Å². The third-order valence-electron chi connectivity index (χ3n) is 6.54. The molecule has 1 aromatic carbocycles. The molecule has 3 unspecified atom stereocenters. The first-order valence-electron chi connectivity index (χ1n) is 10.7. The number of benzene rings is 1. The second-order valence-electron chi connectivity index (χ2n) is 8.95. The lowest BCUT2D eigenvalue weighted by atomic mass is 9.64. The number of hydrogen-bond acceptors (Lipinski definition) is 5.